The molecule has 6 nitrogen and oxygen atoms in total. The zero-order chi connectivity index (χ0) is 21.5. The molecule has 1 saturated carbocycles. The van der Waals surface area contributed by atoms with E-state index in [1.165, 1.54) is 0 Å². The number of methoxy groups -OCH3 is 1. The van der Waals surface area contributed by atoms with E-state index in [1.54, 1.807) is 24.4 Å². The Morgan fingerprint density at radius 1 is 1.19 bits per heavy atom. The first-order valence-electron chi connectivity index (χ1n) is 10.9. The molecular weight excluding hydrogens is 392 g/mol. The van der Waals surface area contributed by atoms with Gasteiger partial charge in [0.15, 0.2) is 11.5 Å². The highest BCUT2D eigenvalue weighted by Gasteiger charge is 2.52. The third-order valence-corrected chi connectivity index (χ3v) is 6.69. The maximum absolute atomic E-state index is 13.7. The van der Waals surface area contributed by atoms with Crippen molar-refractivity contribution in [3.8, 4) is 5.75 Å². The average Bonchev–Trinajstić information content (AvgIpc) is 3.07. The first-order chi connectivity index (χ1) is 15.1. The monoisotopic (exact) mass is 418 g/mol. The number of hydrogen-bond donors (Lipinski definition) is 0. The number of aromatic nitrogens is 1. The van der Waals surface area contributed by atoms with Gasteiger partial charge in [-0.1, -0.05) is 25.1 Å². The van der Waals surface area contributed by atoms with Crippen molar-refractivity contribution < 1.29 is 19.1 Å². The van der Waals surface area contributed by atoms with Gasteiger partial charge in [-0.3, -0.25) is 14.6 Å². The summed E-state index contributed by atoms with van der Waals surface area (Å²) < 4.78 is 11.7. The molecule has 31 heavy (non-hydrogen) atoms. The summed E-state index contributed by atoms with van der Waals surface area (Å²) in [5.41, 5.74) is 2.25. The van der Waals surface area contributed by atoms with E-state index >= 15 is 0 Å². The van der Waals surface area contributed by atoms with Crippen LogP contribution in [0.3, 0.4) is 0 Å². The van der Waals surface area contributed by atoms with Crippen molar-refractivity contribution in [2.75, 3.05) is 7.11 Å². The zero-order valence-electron chi connectivity index (χ0n) is 17.8. The molecule has 0 saturated heterocycles. The molecule has 3 heterocycles. The molecule has 0 bridgehead atoms. The van der Waals surface area contributed by atoms with Gasteiger partial charge in [0.05, 0.1) is 24.6 Å². The second-order valence-corrected chi connectivity index (χ2v) is 8.76. The van der Waals surface area contributed by atoms with E-state index in [1.807, 2.05) is 36.4 Å². The molecule has 0 N–H and O–H groups in total. The largest absolute Gasteiger partial charge is 0.497 e. The Labute approximate surface area is 181 Å². The van der Waals surface area contributed by atoms with Gasteiger partial charge in [-0.15, -0.1) is 0 Å². The number of benzene rings is 1. The van der Waals surface area contributed by atoms with Crippen molar-refractivity contribution in [1.82, 2.24) is 9.88 Å². The van der Waals surface area contributed by atoms with Crippen LogP contribution in [0.15, 0.2) is 60.1 Å². The SMILES string of the molecule is COc1cccc(C2C3=C(OC4CCC(C)CC4C3=O)C(=O)N2Cc2cccnc2)c1. The number of nitrogens with zero attached hydrogens (tertiary/aromatic N) is 2. The van der Waals surface area contributed by atoms with E-state index in [4.69, 9.17) is 9.47 Å². The van der Waals surface area contributed by atoms with Crippen LogP contribution in [-0.2, 0) is 20.9 Å². The van der Waals surface area contributed by atoms with Gasteiger partial charge in [0.25, 0.3) is 5.91 Å². The van der Waals surface area contributed by atoms with Crippen molar-refractivity contribution >= 4 is 11.7 Å². The quantitative estimate of drug-likeness (QED) is 0.755. The maximum Gasteiger partial charge on any atom is 0.290 e. The van der Waals surface area contributed by atoms with Crippen molar-refractivity contribution in [1.29, 1.82) is 0 Å². The molecule has 4 atom stereocenters. The van der Waals surface area contributed by atoms with Crippen LogP contribution in [0.25, 0.3) is 0 Å². The molecule has 1 amide bonds. The van der Waals surface area contributed by atoms with Crippen LogP contribution in [-0.4, -0.2) is 34.8 Å². The summed E-state index contributed by atoms with van der Waals surface area (Å²) in [7, 11) is 1.61. The maximum atomic E-state index is 13.7. The summed E-state index contributed by atoms with van der Waals surface area (Å²) in [6, 6.07) is 10.9. The number of carbonyl (C=O) groups is 2. The Balaban J connectivity index is 1.59. The molecule has 1 fully saturated rings. The fourth-order valence-electron chi connectivity index (χ4n) is 5.13. The van der Waals surface area contributed by atoms with Gasteiger partial charge in [-0.2, -0.15) is 0 Å². The smallest absolute Gasteiger partial charge is 0.290 e. The van der Waals surface area contributed by atoms with Gasteiger partial charge >= 0.3 is 0 Å². The summed E-state index contributed by atoms with van der Waals surface area (Å²) in [5, 5.41) is 0. The number of Topliss-reactive ketones (excluding diaryl/α,β-unsaturated/α-hetero) is 1. The Hall–Kier alpha value is -3.15. The second-order valence-electron chi connectivity index (χ2n) is 8.76. The van der Waals surface area contributed by atoms with Crippen LogP contribution >= 0.6 is 0 Å². The van der Waals surface area contributed by atoms with Crippen LogP contribution in [0, 0.1) is 11.8 Å². The number of ketones is 1. The van der Waals surface area contributed by atoms with Gasteiger partial charge in [0.1, 0.15) is 11.9 Å². The first kappa shape index (κ1) is 19.8. The van der Waals surface area contributed by atoms with Gasteiger partial charge in [0.2, 0.25) is 0 Å². The van der Waals surface area contributed by atoms with E-state index in [-0.39, 0.29) is 29.5 Å². The molecule has 3 aliphatic rings. The molecule has 2 aromatic rings. The lowest BCUT2D eigenvalue weighted by molar-refractivity contribution is -0.136. The molecule has 1 aliphatic carbocycles. The van der Waals surface area contributed by atoms with Crippen LogP contribution < -0.4 is 4.74 Å². The number of rotatable bonds is 4. The normalized spacial score (nSPS) is 27.6. The number of hydrogen-bond acceptors (Lipinski definition) is 5. The fourth-order valence-corrected chi connectivity index (χ4v) is 5.13. The summed E-state index contributed by atoms with van der Waals surface area (Å²) in [6.45, 7) is 2.53. The standard InChI is InChI=1S/C25H26N2O4/c1-15-8-9-20-19(11-15)23(28)21-22(17-6-3-7-18(12-17)30-2)27(25(29)24(21)31-20)14-16-5-4-10-26-13-16/h3-7,10,12-13,15,19-20,22H,8-9,11,14H2,1-2H3. The minimum Gasteiger partial charge on any atom is -0.497 e. The van der Waals surface area contributed by atoms with Crippen LogP contribution in [0.2, 0.25) is 0 Å². The van der Waals surface area contributed by atoms with Crippen molar-refractivity contribution in [3.63, 3.8) is 0 Å². The predicted molar refractivity (Wildman–Crippen MR) is 114 cm³/mol. The zero-order valence-corrected chi connectivity index (χ0v) is 17.8. The molecule has 1 aromatic carbocycles. The minimum absolute atomic E-state index is 0.0626. The molecule has 4 unspecified atom stereocenters. The first-order valence-corrected chi connectivity index (χ1v) is 10.9. The number of carbonyl (C=O) groups excluding carboxylic acids is 2. The molecular formula is C25H26N2O4. The Kier molecular flexibility index (Phi) is 5.00. The highest BCUT2D eigenvalue weighted by Crippen LogP contribution is 2.48. The minimum atomic E-state index is -0.497. The highest BCUT2D eigenvalue weighted by molar-refractivity contribution is 6.11. The van der Waals surface area contributed by atoms with E-state index in [0.29, 0.717) is 23.8 Å². The molecule has 160 valence electrons. The number of pyridine rings is 1. The predicted octanol–water partition coefficient (Wildman–Crippen LogP) is 3.83. The lowest BCUT2D eigenvalue weighted by Gasteiger charge is -2.37. The Bertz CT molecular complexity index is 1050. The highest BCUT2D eigenvalue weighted by atomic mass is 16.5. The third kappa shape index (κ3) is 3.40. The topological polar surface area (TPSA) is 68.7 Å². The van der Waals surface area contributed by atoms with Gasteiger partial charge in [0, 0.05) is 18.9 Å². The molecule has 1 aromatic heterocycles. The van der Waals surface area contributed by atoms with Gasteiger partial charge in [-0.05, 0) is 54.5 Å². The van der Waals surface area contributed by atoms with Crippen molar-refractivity contribution in [2.24, 2.45) is 11.8 Å². The second kappa shape index (κ2) is 7.84. The van der Waals surface area contributed by atoms with E-state index in [2.05, 4.69) is 11.9 Å². The van der Waals surface area contributed by atoms with Gasteiger partial charge < -0.3 is 14.4 Å². The van der Waals surface area contributed by atoms with Gasteiger partial charge in [-0.25, -0.2) is 0 Å². The number of amides is 1. The third-order valence-electron chi connectivity index (χ3n) is 6.69. The molecule has 5 rings (SSSR count). The van der Waals surface area contributed by atoms with Crippen LogP contribution in [0.4, 0.5) is 0 Å². The summed E-state index contributed by atoms with van der Waals surface area (Å²) in [5.74, 6) is 1.06. The Morgan fingerprint density at radius 3 is 2.84 bits per heavy atom. The van der Waals surface area contributed by atoms with E-state index < -0.39 is 6.04 Å². The van der Waals surface area contributed by atoms with E-state index in [0.717, 1.165) is 30.4 Å². The summed E-state index contributed by atoms with van der Waals surface area (Å²) in [4.78, 5) is 33.1. The summed E-state index contributed by atoms with van der Waals surface area (Å²) >= 11 is 0. The lowest BCUT2D eigenvalue weighted by atomic mass is 9.74. The average molecular weight is 418 g/mol. The van der Waals surface area contributed by atoms with Crippen molar-refractivity contribution in [2.45, 2.75) is 44.9 Å². The van der Waals surface area contributed by atoms with Crippen molar-refractivity contribution in [3.05, 3.63) is 71.3 Å². The molecule has 6 heteroatoms. The van der Waals surface area contributed by atoms with Crippen LogP contribution in [0.1, 0.15) is 43.4 Å². The van der Waals surface area contributed by atoms with Crippen LogP contribution in [0.5, 0.6) is 5.75 Å². The van der Waals surface area contributed by atoms with E-state index in [9.17, 15) is 9.59 Å². The summed E-state index contributed by atoms with van der Waals surface area (Å²) in [6.07, 6.45) is 5.89. The molecule has 0 spiro atoms. The molecule has 2 aliphatic heterocycles. The number of fused-ring (bicyclic) bond motifs is 1. The fraction of sp³-hybridized carbons (Fsp3) is 0.400. The Morgan fingerprint density at radius 2 is 2.06 bits per heavy atom. The number of ether oxygens (including phenoxy) is 2. The lowest BCUT2D eigenvalue weighted by Crippen LogP contribution is -2.41. The molecule has 0 radical (unpaired) electrons.